The lowest BCUT2D eigenvalue weighted by Gasteiger charge is -2.13. The number of nitrogens with one attached hydrogen (secondary N) is 1. The van der Waals surface area contributed by atoms with Gasteiger partial charge in [-0.1, -0.05) is 6.07 Å². The predicted molar refractivity (Wildman–Crippen MR) is 74.1 cm³/mol. The third-order valence-electron chi connectivity index (χ3n) is 3.58. The molecular weight excluding hydrogens is 264 g/mol. The van der Waals surface area contributed by atoms with Crippen LogP contribution in [0.1, 0.15) is 24.8 Å². The van der Waals surface area contributed by atoms with Crippen molar-refractivity contribution in [3.05, 3.63) is 23.8 Å². The minimum absolute atomic E-state index is 0.214. The Bertz CT molecular complexity index is 557. The highest BCUT2D eigenvalue weighted by molar-refractivity contribution is 7.89. The zero-order valence-corrected chi connectivity index (χ0v) is 11.8. The summed E-state index contributed by atoms with van der Waals surface area (Å²) in [5.41, 5.74) is 6.74. The van der Waals surface area contributed by atoms with Crippen LogP contribution in [0.4, 0.5) is 5.69 Å². The molecular formula is C13H20N2O3S. The molecule has 2 atom stereocenters. The van der Waals surface area contributed by atoms with Gasteiger partial charge in [-0.05, 0) is 49.8 Å². The van der Waals surface area contributed by atoms with Crippen molar-refractivity contribution in [1.29, 1.82) is 0 Å². The molecule has 2 unspecified atom stereocenters. The van der Waals surface area contributed by atoms with Gasteiger partial charge in [-0.15, -0.1) is 0 Å². The molecule has 1 saturated carbocycles. The molecule has 1 aliphatic rings. The van der Waals surface area contributed by atoms with E-state index in [-0.39, 0.29) is 16.9 Å². The fraction of sp³-hybridized carbons (Fsp3) is 0.538. The van der Waals surface area contributed by atoms with Crippen molar-refractivity contribution in [2.45, 2.75) is 37.2 Å². The van der Waals surface area contributed by atoms with Crippen LogP contribution < -0.4 is 10.5 Å². The number of aliphatic hydroxyl groups excluding tert-OH is 1. The van der Waals surface area contributed by atoms with Crippen LogP contribution in [0.15, 0.2) is 23.1 Å². The second-order valence-corrected chi connectivity index (χ2v) is 6.95. The van der Waals surface area contributed by atoms with Crippen molar-refractivity contribution in [3.8, 4) is 0 Å². The van der Waals surface area contributed by atoms with Crippen molar-refractivity contribution in [3.63, 3.8) is 0 Å². The van der Waals surface area contributed by atoms with Crippen LogP contribution in [0.3, 0.4) is 0 Å². The lowest BCUT2D eigenvalue weighted by Crippen LogP contribution is -2.29. The predicted octanol–water partition coefficient (Wildman–Crippen LogP) is 1.02. The quantitative estimate of drug-likeness (QED) is 0.720. The van der Waals surface area contributed by atoms with E-state index in [2.05, 4.69) is 4.72 Å². The molecule has 1 aliphatic carbocycles. The number of aliphatic hydroxyl groups is 1. The summed E-state index contributed by atoms with van der Waals surface area (Å²) in [6, 6.07) is 4.85. The Morgan fingerprint density at radius 3 is 2.79 bits per heavy atom. The molecule has 1 aromatic rings. The Labute approximate surface area is 113 Å². The Morgan fingerprint density at radius 1 is 1.42 bits per heavy atom. The molecule has 2 rings (SSSR count). The van der Waals surface area contributed by atoms with Gasteiger partial charge in [-0.2, -0.15) is 0 Å². The number of rotatable bonds is 4. The standard InChI is InChI=1S/C13H20N2O3S/c1-9-2-4-11(14)7-13(9)19(17,18)15-8-10-3-5-12(16)6-10/h2,4,7,10,12,15-16H,3,5-6,8,14H2,1H3. The normalized spacial score (nSPS) is 23.7. The van der Waals surface area contributed by atoms with Crippen molar-refractivity contribution >= 4 is 15.7 Å². The van der Waals surface area contributed by atoms with Gasteiger partial charge in [0.1, 0.15) is 0 Å². The molecule has 106 valence electrons. The van der Waals surface area contributed by atoms with Crippen LogP contribution in [0.25, 0.3) is 0 Å². The van der Waals surface area contributed by atoms with Gasteiger partial charge in [0.25, 0.3) is 0 Å². The maximum absolute atomic E-state index is 12.2. The van der Waals surface area contributed by atoms with Crippen LogP contribution in [-0.2, 0) is 10.0 Å². The van der Waals surface area contributed by atoms with Gasteiger partial charge in [0.15, 0.2) is 0 Å². The highest BCUT2D eigenvalue weighted by Crippen LogP contribution is 2.25. The van der Waals surface area contributed by atoms with E-state index < -0.39 is 10.0 Å². The average Bonchev–Trinajstić information content (AvgIpc) is 2.76. The lowest BCUT2D eigenvalue weighted by molar-refractivity contribution is 0.178. The fourth-order valence-electron chi connectivity index (χ4n) is 2.45. The molecule has 6 heteroatoms. The Morgan fingerprint density at radius 2 is 2.16 bits per heavy atom. The van der Waals surface area contributed by atoms with E-state index in [1.54, 1.807) is 19.1 Å². The zero-order valence-electron chi connectivity index (χ0n) is 11.0. The van der Waals surface area contributed by atoms with E-state index in [4.69, 9.17) is 5.73 Å². The van der Waals surface area contributed by atoms with Crippen LogP contribution in [0.5, 0.6) is 0 Å². The summed E-state index contributed by atoms with van der Waals surface area (Å²) in [6.45, 7) is 2.11. The Kier molecular flexibility index (Phi) is 4.13. The highest BCUT2D eigenvalue weighted by atomic mass is 32.2. The van der Waals surface area contributed by atoms with Gasteiger partial charge in [0.2, 0.25) is 10.0 Å². The molecule has 0 heterocycles. The minimum atomic E-state index is -3.53. The molecule has 0 radical (unpaired) electrons. The smallest absolute Gasteiger partial charge is 0.240 e. The molecule has 4 N–H and O–H groups in total. The van der Waals surface area contributed by atoms with Gasteiger partial charge >= 0.3 is 0 Å². The molecule has 0 spiro atoms. The summed E-state index contributed by atoms with van der Waals surface area (Å²) < 4.78 is 27.0. The number of nitrogen functional groups attached to an aromatic ring is 1. The van der Waals surface area contributed by atoms with E-state index >= 15 is 0 Å². The monoisotopic (exact) mass is 284 g/mol. The fourth-order valence-corrected chi connectivity index (χ4v) is 3.84. The highest BCUT2D eigenvalue weighted by Gasteiger charge is 2.25. The number of anilines is 1. The second-order valence-electron chi connectivity index (χ2n) is 5.21. The molecule has 0 bridgehead atoms. The molecule has 1 fully saturated rings. The first-order valence-corrected chi connectivity index (χ1v) is 7.90. The SMILES string of the molecule is Cc1ccc(N)cc1S(=O)(=O)NCC1CCC(O)C1. The topological polar surface area (TPSA) is 92.4 Å². The summed E-state index contributed by atoms with van der Waals surface area (Å²) in [6.07, 6.45) is 1.99. The van der Waals surface area contributed by atoms with Crippen molar-refractivity contribution < 1.29 is 13.5 Å². The number of hydrogen-bond donors (Lipinski definition) is 3. The van der Waals surface area contributed by atoms with Crippen LogP contribution in [-0.4, -0.2) is 26.2 Å². The van der Waals surface area contributed by atoms with Crippen LogP contribution in [0, 0.1) is 12.8 Å². The van der Waals surface area contributed by atoms with Crippen LogP contribution in [0.2, 0.25) is 0 Å². The van der Waals surface area contributed by atoms with Crippen LogP contribution >= 0.6 is 0 Å². The van der Waals surface area contributed by atoms with Crippen molar-refractivity contribution in [2.24, 2.45) is 5.92 Å². The van der Waals surface area contributed by atoms with Crippen molar-refractivity contribution in [1.82, 2.24) is 4.72 Å². The third kappa shape index (κ3) is 3.46. The average molecular weight is 284 g/mol. The summed E-state index contributed by atoms with van der Waals surface area (Å²) in [5.74, 6) is 0.214. The maximum atomic E-state index is 12.2. The lowest BCUT2D eigenvalue weighted by atomic mass is 10.1. The molecule has 19 heavy (non-hydrogen) atoms. The second kappa shape index (κ2) is 5.48. The van der Waals surface area contributed by atoms with E-state index in [1.807, 2.05) is 0 Å². The van der Waals surface area contributed by atoms with E-state index in [0.717, 1.165) is 12.8 Å². The van der Waals surface area contributed by atoms with Gasteiger partial charge in [-0.25, -0.2) is 13.1 Å². The van der Waals surface area contributed by atoms with E-state index in [0.29, 0.717) is 24.2 Å². The summed E-state index contributed by atoms with van der Waals surface area (Å²) in [4.78, 5) is 0.228. The first-order valence-electron chi connectivity index (χ1n) is 6.42. The molecule has 1 aromatic carbocycles. The Hall–Kier alpha value is -1.11. The molecule has 5 nitrogen and oxygen atoms in total. The molecule has 0 aliphatic heterocycles. The number of benzene rings is 1. The van der Waals surface area contributed by atoms with Gasteiger partial charge in [0, 0.05) is 12.2 Å². The molecule has 0 amide bonds. The van der Waals surface area contributed by atoms with Gasteiger partial charge < -0.3 is 10.8 Å². The van der Waals surface area contributed by atoms with Gasteiger partial charge in [-0.3, -0.25) is 0 Å². The number of nitrogens with two attached hydrogens (primary N) is 1. The summed E-state index contributed by atoms with van der Waals surface area (Å²) in [7, 11) is -3.53. The Balaban J connectivity index is 2.08. The first kappa shape index (κ1) is 14.3. The summed E-state index contributed by atoms with van der Waals surface area (Å²) in [5, 5.41) is 9.43. The molecule has 0 saturated heterocycles. The number of hydrogen-bond acceptors (Lipinski definition) is 4. The largest absolute Gasteiger partial charge is 0.399 e. The molecule has 0 aromatic heterocycles. The number of aryl methyl sites for hydroxylation is 1. The zero-order chi connectivity index (χ0) is 14.0. The number of sulfonamides is 1. The minimum Gasteiger partial charge on any atom is -0.399 e. The third-order valence-corrected chi connectivity index (χ3v) is 5.14. The maximum Gasteiger partial charge on any atom is 0.240 e. The van der Waals surface area contributed by atoms with Gasteiger partial charge in [0.05, 0.1) is 11.0 Å². The first-order chi connectivity index (χ1) is 8.88. The van der Waals surface area contributed by atoms with E-state index in [1.165, 1.54) is 6.07 Å². The van der Waals surface area contributed by atoms with E-state index in [9.17, 15) is 13.5 Å². The summed E-state index contributed by atoms with van der Waals surface area (Å²) >= 11 is 0. The van der Waals surface area contributed by atoms with Crippen molar-refractivity contribution in [2.75, 3.05) is 12.3 Å².